The standard InChI is InChI=1S/C15H11FN2O2S/c16-10-4-6-11(7-5-10)18-14(19)9-12(15(18)20)21-13-3-1-2-8-17-13/h1-8,12H,9H2. The minimum Gasteiger partial charge on any atom is -0.274 e. The number of imide groups is 1. The fraction of sp³-hybridized carbons (Fsp3) is 0.133. The number of pyridine rings is 1. The Morgan fingerprint density at radius 2 is 1.90 bits per heavy atom. The van der Waals surface area contributed by atoms with Crippen molar-refractivity contribution in [3.63, 3.8) is 0 Å². The minimum atomic E-state index is -0.488. The Hall–Kier alpha value is -2.21. The molecule has 6 heteroatoms. The van der Waals surface area contributed by atoms with Gasteiger partial charge in [-0.05, 0) is 36.4 Å². The number of anilines is 1. The average Bonchev–Trinajstić information content (AvgIpc) is 2.76. The molecule has 4 nitrogen and oxygen atoms in total. The lowest BCUT2D eigenvalue weighted by Gasteiger charge is -2.14. The van der Waals surface area contributed by atoms with E-state index >= 15 is 0 Å². The van der Waals surface area contributed by atoms with Gasteiger partial charge in [-0.1, -0.05) is 17.8 Å². The van der Waals surface area contributed by atoms with Crippen LogP contribution in [0.5, 0.6) is 0 Å². The van der Waals surface area contributed by atoms with Gasteiger partial charge in [-0.25, -0.2) is 14.3 Å². The van der Waals surface area contributed by atoms with Crippen molar-refractivity contribution in [3.05, 3.63) is 54.5 Å². The van der Waals surface area contributed by atoms with Crippen LogP contribution in [0.15, 0.2) is 53.7 Å². The van der Waals surface area contributed by atoms with Crippen molar-refractivity contribution in [1.82, 2.24) is 4.98 Å². The SMILES string of the molecule is O=C1CC(Sc2ccccn2)C(=O)N1c1ccc(F)cc1. The Labute approximate surface area is 125 Å². The number of carbonyl (C=O) groups excluding carboxylic acids is 2. The molecule has 0 aliphatic carbocycles. The molecule has 0 radical (unpaired) electrons. The van der Waals surface area contributed by atoms with E-state index in [1.807, 2.05) is 6.07 Å². The summed E-state index contributed by atoms with van der Waals surface area (Å²) in [5, 5.41) is 0.210. The van der Waals surface area contributed by atoms with Gasteiger partial charge in [0.1, 0.15) is 5.82 Å². The van der Waals surface area contributed by atoms with Crippen molar-refractivity contribution in [1.29, 1.82) is 0 Å². The minimum absolute atomic E-state index is 0.122. The molecule has 0 saturated carbocycles. The molecule has 3 rings (SSSR count). The summed E-state index contributed by atoms with van der Waals surface area (Å²) in [5.41, 5.74) is 0.399. The molecule has 106 valence electrons. The second-order valence-corrected chi connectivity index (χ2v) is 5.75. The first-order chi connectivity index (χ1) is 10.1. The highest BCUT2D eigenvalue weighted by Crippen LogP contribution is 2.32. The summed E-state index contributed by atoms with van der Waals surface area (Å²) in [7, 11) is 0. The third kappa shape index (κ3) is 2.80. The van der Waals surface area contributed by atoms with Crippen LogP contribution in [0.25, 0.3) is 0 Å². The molecular formula is C15H11FN2O2S. The maximum Gasteiger partial charge on any atom is 0.247 e. The molecule has 1 atom stereocenters. The molecule has 1 fully saturated rings. The van der Waals surface area contributed by atoms with Crippen molar-refractivity contribution in [2.75, 3.05) is 4.90 Å². The Morgan fingerprint density at radius 1 is 1.14 bits per heavy atom. The lowest BCUT2D eigenvalue weighted by molar-refractivity contribution is -0.121. The Kier molecular flexibility index (Phi) is 3.70. The van der Waals surface area contributed by atoms with Crippen LogP contribution in [-0.2, 0) is 9.59 Å². The monoisotopic (exact) mass is 302 g/mol. The number of rotatable bonds is 3. The molecule has 0 N–H and O–H groups in total. The molecule has 2 heterocycles. The number of hydrogen-bond donors (Lipinski definition) is 0. The van der Waals surface area contributed by atoms with E-state index in [2.05, 4.69) is 4.98 Å². The Balaban J connectivity index is 1.80. The van der Waals surface area contributed by atoms with Crippen LogP contribution < -0.4 is 4.90 Å². The van der Waals surface area contributed by atoms with Gasteiger partial charge in [-0.2, -0.15) is 0 Å². The first kappa shape index (κ1) is 13.8. The summed E-state index contributed by atoms with van der Waals surface area (Å²) < 4.78 is 12.9. The lowest BCUT2D eigenvalue weighted by atomic mass is 10.3. The summed E-state index contributed by atoms with van der Waals surface area (Å²) in [5.74, 6) is -0.973. The summed E-state index contributed by atoms with van der Waals surface area (Å²) >= 11 is 1.27. The van der Waals surface area contributed by atoms with E-state index in [0.29, 0.717) is 10.7 Å². The van der Waals surface area contributed by atoms with Gasteiger partial charge < -0.3 is 0 Å². The van der Waals surface area contributed by atoms with Gasteiger partial charge >= 0.3 is 0 Å². The maximum atomic E-state index is 12.9. The second kappa shape index (κ2) is 5.65. The number of halogens is 1. The number of carbonyl (C=O) groups is 2. The fourth-order valence-corrected chi connectivity index (χ4v) is 3.12. The van der Waals surface area contributed by atoms with Gasteiger partial charge in [0.05, 0.1) is 16.0 Å². The van der Waals surface area contributed by atoms with E-state index < -0.39 is 11.1 Å². The number of aromatic nitrogens is 1. The molecule has 0 bridgehead atoms. The first-order valence-corrected chi connectivity index (χ1v) is 7.23. The van der Waals surface area contributed by atoms with Crippen LogP contribution in [0.4, 0.5) is 10.1 Å². The molecule has 0 spiro atoms. The number of hydrogen-bond acceptors (Lipinski definition) is 4. The molecule has 1 aromatic carbocycles. The van der Waals surface area contributed by atoms with E-state index in [1.54, 1.807) is 18.3 Å². The molecule has 2 aromatic rings. The average molecular weight is 302 g/mol. The van der Waals surface area contributed by atoms with Crippen LogP contribution in [0.1, 0.15) is 6.42 Å². The smallest absolute Gasteiger partial charge is 0.247 e. The molecule has 1 aliphatic rings. The van der Waals surface area contributed by atoms with Crippen LogP contribution >= 0.6 is 11.8 Å². The maximum absolute atomic E-state index is 12.9. The van der Waals surface area contributed by atoms with Crippen molar-refractivity contribution < 1.29 is 14.0 Å². The van der Waals surface area contributed by atoms with Gasteiger partial charge in [0, 0.05) is 12.6 Å². The predicted octanol–water partition coefficient (Wildman–Crippen LogP) is 2.64. The van der Waals surface area contributed by atoms with Crippen molar-refractivity contribution in [2.24, 2.45) is 0 Å². The van der Waals surface area contributed by atoms with Gasteiger partial charge in [-0.15, -0.1) is 0 Å². The zero-order chi connectivity index (χ0) is 14.8. The first-order valence-electron chi connectivity index (χ1n) is 6.35. The quantitative estimate of drug-likeness (QED) is 0.818. The van der Waals surface area contributed by atoms with E-state index in [1.165, 1.54) is 36.0 Å². The molecule has 1 unspecified atom stereocenters. The van der Waals surface area contributed by atoms with Gasteiger partial charge in [0.15, 0.2) is 0 Å². The van der Waals surface area contributed by atoms with Crippen LogP contribution in [0, 0.1) is 5.82 Å². The highest BCUT2D eigenvalue weighted by molar-refractivity contribution is 8.00. The van der Waals surface area contributed by atoms with Crippen LogP contribution in [0.3, 0.4) is 0 Å². The highest BCUT2D eigenvalue weighted by Gasteiger charge is 2.40. The van der Waals surface area contributed by atoms with Crippen molar-refractivity contribution in [3.8, 4) is 0 Å². The summed E-state index contributed by atoms with van der Waals surface area (Å²) in [6.07, 6.45) is 1.76. The lowest BCUT2D eigenvalue weighted by Crippen LogP contribution is -2.31. The summed E-state index contributed by atoms with van der Waals surface area (Å²) in [6.45, 7) is 0. The normalized spacial score (nSPS) is 18.3. The molecule has 1 aliphatic heterocycles. The van der Waals surface area contributed by atoms with Crippen molar-refractivity contribution in [2.45, 2.75) is 16.7 Å². The zero-order valence-electron chi connectivity index (χ0n) is 10.9. The number of nitrogens with zero attached hydrogens (tertiary/aromatic N) is 2. The third-order valence-electron chi connectivity index (χ3n) is 3.09. The number of amides is 2. The Morgan fingerprint density at radius 3 is 2.57 bits per heavy atom. The highest BCUT2D eigenvalue weighted by atomic mass is 32.2. The molecule has 1 saturated heterocycles. The number of benzene rings is 1. The van der Waals surface area contributed by atoms with Crippen molar-refractivity contribution >= 4 is 29.3 Å². The third-order valence-corrected chi connectivity index (χ3v) is 4.23. The molecule has 21 heavy (non-hydrogen) atoms. The topological polar surface area (TPSA) is 50.3 Å². The second-order valence-electron chi connectivity index (χ2n) is 4.52. The van der Waals surface area contributed by atoms with E-state index in [4.69, 9.17) is 0 Å². The predicted molar refractivity (Wildman–Crippen MR) is 77.4 cm³/mol. The number of thioether (sulfide) groups is 1. The van der Waals surface area contributed by atoms with E-state index in [9.17, 15) is 14.0 Å². The molecular weight excluding hydrogens is 291 g/mol. The zero-order valence-corrected chi connectivity index (χ0v) is 11.7. The Bertz CT molecular complexity index is 676. The van der Waals surface area contributed by atoms with Gasteiger partial charge in [0.2, 0.25) is 11.8 Å². The van der Waals surface area contributed by atoms with E-state index in [-0.39, 0.29) is 18.2 Å². The fourth-order valence-electron chi connectivity index (χ4n) is 2.12. The van der Waals surface area contributed by atoms with Gasteiger partial charge in [-0.3, -0.25) is 9.59 Å². The van der Waals surface area contributed by atoms with Gasteiger partial charge in [0.25, 0.3) is 0 Å². The molecule has 2 amide bonds. The van der Waals surface area contributed by atoms with Crippen LogP contribution in [0.2, 0.25) is 0 Å². The van der Waals surface area contributed by atoms with Crippen LogP contribution in [-0.4, -0.2) is 22.0 Å². The molecule has 1 aromatic heterocycles. The largest absolute Gasteiger partial charge is 0.274 e. The summed E-state index contributed by atoms with van der Waals surface area (Å²) in [6, 6.07) is 10.7. The van der Waals surface area contributed by atoms with E-state index in [0.717, 1.165) is 4.90 Å². The summed E-state index contributed by atoms with van der Waals surface area (Å²) in [4.78, 5) is 29.7.